The predicted molar refractivity (Wildman–Crippen MR) is 172 cm³/mol. The van der Waals surface area contributed by atoms with Crippen LogP contribution in [0.5, 0.6) is 5.75 Å². The minimum atomic E-state index is -4.26. The first-order valence-corrected chi connectivity index (χ1v) is 16.3. The fourth-order valence-corrected chi connectivity index (χ4v) is 6.49. The van der Waals surface area contributed by atoms with Crippen molar-refractivity contribution in [1.29, 1.82) is 0 Å². The molecule has 3 aromatic carbocycles. The Labute approximate surface area is 265 Å². The molecule has 0 saturated carbocycles. The second-order valence-corrected chi connectivity index (χ2v) is 13.1. The summed E-state index contributed by atoms with van der Waals surface area (Å²) >= 11 is 13.0. The minimum absolute atomic E-state index is 0.0108. The highest BCUT2D eigenvalue weighted by Crippen LogP contribution is 2.34. The monoisotopic (exact) mass is 647 g/mol. The van der Waals surface area contributed by atoms with Gasteiger partial charge < -0.3 is 15.0 Å². The molecule has 2 amide bonds. The topological polar surface area (TPSA) is 96.0 Å². The average Bonchev–Trinajstić information content (AvgIpc) is 2.97. The number of aryl methyl sites for hydroxylation is 2. The number of halogens is 2. The molecule has 0 aliphatic carbocycles. The lowest BCUT2D eigenvalue weighted by molar-refractivity contribution is -0.140. The standard InChI is InChI=1S/C32H39Cl2N3O5S/c1-7-23(5)35-32(39)28(8-2)36(19-25-26(33)10-9-11-27(25)34)31(38)20-37(29-18-22(4)14-17-30(29)42-6)43(40,41)24-15-12-21(3)13-16-24/h9-18,23,28H,7-8,19-20H2,1-6H3,(H,35,39)/t23-,28+/m1/s1. The number of anilines is 1. The van der Waals surface area contributed by atoms with Gasteiger partial charge in [0.2, 0.25) is 11.8 Å². The van der Waals surface area contributed by atoms with Crippen LogP contribution in [0.15, 0.2) is 65.6 Å². The molecular weight excluding hydrogens is 609 g/mol. The fraction of sp³-hybridized carbons (Fsp3) is 0.375. The second kappa shape index (κ2) is 14.9. The molecule has 1 N–H and O–H groups in total. The second-order valence-electron chi connectivity index (χ2n) is 10.5. The van der Waals surface area contributed by atoms with Crippen LogP contribution in [0, 0.1) is 13.8 Å². The molecule has 0 spiro atoms. The summed E-state index contributed by atoms with van der Waals surface area (Å²) in [6, 6.07) is 15.4. The SMILES string of the molecule is CC[C@@H](C)NC(=O)[C@H](CC)N(Cc1c(Cl)cccc1Cl)C(=O)CN(c1cc(C)ccc1OC)S(=O)(=O)c1ccc(C)cc1. The maximum atomic E-state index is 14.3. The summed E-state index contributed by atoms with van der Waals surface area (Å²) in [6.45, 7) is 8.58. The van der Waals surface area contributed by atoms with E-state index in [-0.39, 0.29) is 41.2 Å². The van der Waals surface area contributed by atoms with Crippen LogP contribution in [0.25, 0.3) is 0 Å². The highest BCUT2D eigenvalue weighted by atomic mass is 35.5. The van der Waals surface area contributed by atoms with E-state index in [1.807, 2.05) is 27.7 Å². The van der Waals surface area contributed by atoms with E-state index >= 15 is 0 Å². The molecule has 0 aliphatic heterocycles. The van der Waals surface area contributed by atoms with Crippen molar-refractivity contribution in [2.45, 2.75) is 71.0 Å². The maximum absolute atomic E-state index is 14.3. The van der Waals surface area contributed by atoms with Gasteiger partial charge in [-0.05, 0) is 75.6 Å². The molecule has 232 valence electrons. The molecule has 0 radical (unpaired) electrons. The number of carbonyl (C=O) groups excluding carboxylic acids is 2. The number of nitrogens with one attached hydrogen (secondary N) is 1. The van der Waals surface area contributed by atoms with E-state index in [1.54, 1.807) is 55.5 Å². The van der Waals surface area contributed by atoms with Crippen LogP contribution in [-0.2, 0) is 26.2 Å². The van der Waals surface area contributed by atoms with Gasteiger partial charge in [-0.15, -0.1) is 0 Å². The van der Waals surface area contributed by atoms with Crippen LogP contribution >= 0.6 is 23.2 Å². The first kappa shape index (κ1) is 34.2. The molecule has 8 nitrogen and oxygen atoms in total. The third-order valence-electron chi connectivity index (χ3n) is 7.27. The van der Waals surface area contributed by atoms with Crippen LogP contribution in [0.2, 0.25) is 10.0 Å². The van der Waals surface area contributed by atoms with E-state index in [1.165, 1.54) is 24.1 Å². The van der Waals surface area contributed by atoms with E-state index in [4.69, 9.17) is 27.9 Å². The number of nitrogens with zero attached hydrogens (tertiary/aromatic N) is 2. The molecule has 0 heterocycles. The quantitative estimate of drug-likeness (QED) is 0.227. The van der Waals surface area contributed by atoms with Crippen molar-refractivity contribution in [2.75, 3.05) is 18.0 Å². The summed E-state index contributed by atoms with van der Waals surface area (Å²) in [7, 11) is -2.83. The van der Waals surface area contributed by atoms with Gasteiger partial charge in [0, 0.05) is 28.2 Å². The molecular formula is C32H39Cl2N3O5S. The van der Waals surface area contributed by atoms with Crippen molar-refractivity contribution < 1.29 is 22.7 Å². The van der Waals surface area contributed by atoms with Crippen LogP contribution in [0.3, 0.4) is 0 Å². The Morgan fingerprint density at radius 3 is 2.09 bits per heavy atom. The van der Waals surface area contributed by atoms with Gasteiger partial charge in [0.25, 0.3) is 10.0 Å². The summed E-state index contributed by atoms with van der Waals surface area (Å²) in [5.74, 6) is -0.688. The van der Waals surface area contributed by atoms with Crippen molar-refractivity contribution in [1.82, 2.24) is 10.2 Å². The number of methoxy groups -OCH3 is 1. The van der Waals surface area contributed by atoms with Crippen LogP contribution in [0.1, 0.15) is 50.3 Å². The zero-order chi connectivity index (χ0) is 31.9. The third-order valence-corrected chi connectivity index (χ3v) is 9.75. The summed E-state index contributed by atoms with van der Waals surface area (Å²) in [6.07, 6.45) is 0.969. The molecule has 0 fully saturated rings. The van der Waals surface area contributed by atoms with Crippen molar-refractivity contribution in [3.63, 3.8) is 0 Å². The zero-order valence-corrected chi connectivity index (χ0v) is 27.7. The number of ether oxygens (including phenoxy) is 1. The molecule has 0 aliphatic rings. The lowest BCUT2D eigenvalue weighted by atomic mass is 10.1. The summed E-state index contributed by atoms with van der Waals surface area (Å²) < 4.78 is 34.9. The fourth-order valence-electron chi connectivity index (χ4n) is 4.56. The van der Waals surface area contributed by atoms with Crippen molar-refractivity contribution in [3.8, 4) is 5.75 Å². The molecule has 2 atom stereocenters. The Kier molecular flexibility index (Phi) is 11.9. The Balaban J connectivity index is 2.17. The number of benzene rings is 3. The van der Waals surface area contributed by atoms with E-state index in [2.05, 4.69) is 5.32 Å². The highest BCUT2D eigenvalue weighted by Gasteiger charge is 2.35. The lowest BCUT2D eigenvalue weighted by Crippen LogP contribution is -2.53. The average molecular weight is 649 g/mol. The van der Waals surface area contributed by atoms with E-state index in [0.29, 0.717) is 22.0 Å². The first-order valence-electron chi connectivity index (χ1n) is 14.1. The Hall–Kier alpha value is -3.27. The summed E-state index contributed by atoms with van der Waals surface area (Å²) in [5, 5.41) is 3.60. The van der Waals surface area contributed by atoms with Crippen LogP contribution in [-0.4, -0.2) is 50.9 Å². The van der Waals surface area contributed by atoms with Crippen LogP contribution < -0.4 is 14.4 Å². The van der Waals surface area contributed by atoms with Gasteiger partial charge in [0.05, 0.1) is 17.7 Å². The van der Waals surface area contributed by atoms with Gasteiger partial charge in [-0.1, -0.05) is 66.9 Å². The highest BCUT2D eigenvalue weighted by molar-refractivity contribution is 7.92. The smallest absolute Gasteiger partial charge is 0.264 e. The van der Waals surface area contributed by atoms with Crippen LogP contribution in [0.4, 0.5) is 5.69 Å². The molecule has 3 rings (SSSR count). The molecule has 0 aromatic heterocycles. The van der Waals surface area contributed by atoms with Gasteiger partial charge in [0.15, 0.2) is 0 Å². The summed E-state index contributed by atoms with van der Waals surface area (Å²) in [4.78, 5) is 29.2. The molecule has 0 bridgehead atoms. The van der Waals surface area contributed by atoms with E-state index in [9.17, 15) is 18.0 Å². The number of amides is 2. The van der Waals surface area contributed by atoms with Gasteiger partial charge in [0.1, 0.15) is 18.3 Å². The minimum Gasteiger partial charge on any atom is -0.495 e. The lowest BCUT2D eigenvalue weighted by Gasteiger charge is -2.34. The number of rotatable bonds is 13. The molecule has 11 heteroatoms. The number of hydrogen-bond acceptors (Lipinski definition) is 5. The normalized spacial score (nSPS) is 12.7. The predicted octanol–water partition coefficient (Wildman–Crippen LogP) is 6.54. The van der Waals surface area contributed by atoms with Gasteiger partial charge in [-0.2, -0.15) is 0 Å². The molecule has 0 saturated heterocycles. The zero-order valence-electron chi connectivity index (χ0n) is 25.4. The molecule has 0 unspecified atom stereocenters. The third kappa shape index (κ3) is 8.22. The largest absolute Gasteiger partial charge is 0.495 e. The molecule has 43 heavy (non-hydrogen) atoms. The van der Waals surface area contributed by atoms with E-state index in [0.717, 1.165) is 15.4 Å². The number of sulfonamides is 1. The molecule has 3 aromatic rings. The van der Waals surface area contributed by atoms with Gasteiger partial charge in [-0.3, -0.25) is 13.9 Å². The Bertz CT molecular complexity index is 1530. The number of carbonyl (C=O) groups is 2. The number of hydrogen-bond donors (Lipinski definition) is 1. The van der Waals surface area contributed by atoms with Crippen molar-refractivity contribution >= 4 is 50.7 Å². The summed E-state index contributed by atoms with van der Waals surface area (Å²) in [5.41, 5.74) is 2.31. The maximum Gasteiger partial charge on any atom is 0.264 e. The van der Waals surface area contributed by atoms with Gasteiger partial charge >= 0.3 is 0 Å². The van der Waals surface area contributed by atoms with Gasteiger partial charge in [-0.25, -0.2) is 8.42 Å². The first-order chi connectivity index (χ1) is 20.3. The Morgan fingerprint density at radius 1 is 0.930 bits per heavy atom. The van der Waals surface area contributed by atoms with Crippen molar-refractivity contribution in [2.24, 2.45) is 0 Å². The Morgan fingerprint density at radius 2 is 1.53 bits per heavy atom. The van der Waals surface area contributed by atoms with Crippen molar-refractivity contribution in [3.05, 3.63) is 87.4 Å². The van der Waals surface area contributed by atoms with E-state index < -0.39 is 28.5 Å².